The van der Waals surface area contributed by atoms with Crippen LogP contribution in [0.3, 0.4) is 0 Å². The van der Waals surface area contributed by atoms with Gasteiger partial charge in [-0.3, -0.25) is 4.98 Å². The first kappa shape index (κ1) is 10.0. The fraction of sp³-hybridized carbons (Fsp3) is 0. The van der Waals surface area contributed by atoms with Crippen molar-refractivity contribution < 1.29 is 0 Å². The highest BCUT2D eigenvalue weighted by atomic mass is 14.7. The van der Waals surface area contributed by atoms with Crippen molar-refractivity contribution in [2.45, 2.75) is 0 Å². The van der Waals surface area contributed by atoms with Gasteiger partial charge in [0.1, 0.15) is 0 Å². The number of benzene rings is 1. The zero-order valence-corrected chi connectivity index (χ0v) is 8.64. The standard InChI is InChI=1S/C15H9N/c1-2-3-7-13-10-11-15(16-12-13)14-8-5-4-6-9-14/h1,4-6,8-12H. The van der Waals surface area contributed by atoms with Gasteiger partial charge in [-0.2, -0.15) is 0 Å². The van der Waals surface area contributed by atoms with E-state index in [1.165, 1.54) is 0 Å². The summed E-state index contributed by atoms with van der Waals surface area (Å²) in [5, 5.41) is 0. The number of rotatable bonds is 1. The minimum atomic E-state index is 0.831. The van der Waals surface area contributed by atoms with Crippen LogP contribution in [0.2, 0.25) is 0 Å². The van der Waals surface area contributed by atoms with E-state index < -0.39 is 0 Å². The van der Waals surface area contributed by atoms with Crippen LogP contribution in [0, 0.1) is 24.2 Å². The summed E-state index contributed by atoms with van der Waals surface area (Å²) in [6.07, 6.45) is 6.78. The SMILES string of the molecule is C#CC#Cc1ccc(-c2ccccc2)nc1. The van der Waals surface area contributed by atoms with Crippen LogP contribution in [0.15, 0.2) is 48.7 Å². The van der Waals surface area contributed by atoms with Gasteiger partial charge in [0, 0.05) is 17.3 Å². The van der Waals surface area contributed by atoms with E-state index >= 15 is 0 Å². The van der Waals surface area contributed by atoms with Gasteiger partial charge in [-0.1, -0.05) is 36.3 Å². The summed E-state index contributed by atoms with van der Waals surface area (Å²) in [6, 6.07) is 13.9. The summed E-state index contributed by atoms with van der Waals surface area (Å²) in [4.78, 5) is 4.33. The average Bonchev–Trinajstić information content (AvgIpc) is 2.38. The Balaban J connectivity index is 2.31. The highest BCUT2D eigenvalue weighted by Gasteiger charge is 1.96. The van der Waals surface area contributed by atoms with Gasteiger partial charge in [0.2, 0.25) is 0 Å². The second kappa shape index (κ2) is 4.82. The number of aromatic nitrogens is 1. The molecule has 0 aliphatic heterocycles. The molecule has 1 nitrogen and oxygen atoms in total. The lowest BCUT2D eigenvalue weighted by Gasteiger charge is -1.99. The van der Waals surface area contributed by atoms with Crippen molar-refractivity contribution >= 4 is 0 Å². The molecule has 1 aromatic heterocycles. The molecule has 0 N–H and O–H groups in total. The van der Waals surface area contributed by atoms with Crippen molar-refractivity contribution in [1.82, 2.24) is 4.98 Å². The van der Waals surface area contributed by atoms with Gasteiger partial charge < -0.3 is 0 Å². The maximum Gasteiger partial charge on any atom is 0.0702 e. The van der Waals surface area contributed by atoms with Crippen molar-refractivity contribution in [3.05, 3.63) is 54.2 Å². The molecule has 0 radical (unpaired) electrons. The minimum Gasteiger partial charge on any atom is -0.255 e. The van der Waals surface area contributed by atoms with Gasteiger partial charge in [-0.05, 0) is 24.0 Å². The van der Waals surface area contributed by atoms with Crippen LogP contribution >= 0.6 is 0 Å². The maximum atomic E-state index is 5.05. The fourth-order valence-corrected chi connectivity index (χ4v) is 1.36. The molecule has 0 unspecified atom stereocenters. The van der Waals surface area contributed by atoms with Crippen molar-refractivity contribution in [3.8, 4) is 35.4 Å². The number of hydrogen-bond acceptors (Lipinski definition) is 1. The van der Waals surface area contributed by atoms with Gasteiger partial charge in [0.05, 0.1) is 5.69 Å². The van der Waals surface area contributed by atoms with Crippen LogP contribution in [-0.4, -0.2) is 4.98 Å². The molecule has 0 amide bonds. The van der Waals surface area contributed by atoms with E-state index in [1.807, 2.05) is 42.5 Å². The zero-order valence-electron chi connectivity index (χ0n) is 8.64. The van der Waals surface area contributed by atoms with Crippen molar-refractivity contribution in [1.29, 1.82) is 0 Å². The second-order valence-electron chi connectivity index (χ2n) is 3.19. The van der Waals surface area contributed by atoms with Gasteiger partial charge in [0.15, 0.2) is 0 Å². The van der Waals surface area contributed by atoms with Crippen LogP contribution in [0.1, 0.15) is 5.56 Å². The molecule has 1 aromatic carbocycles. The molecular formula is C15H9N. The fourth-order valence-electron chi connectivity index (χ4n) is 1.36. The lowest BCUT2D eigenvalue weighted by molar-refractivity contribution is 1.31. The van der Waals surface area contributed by atoms with E-state index in [9.17, 15) is 0 Å². The Morgan fingerprint density at radius 1 is 1.00 bits per heavy atom. The van der Waals surface area contributed by atoms with E-state index in [4.69, 9.17) is 6.42 Å². The topological polar surface area (TPSA) is 12.9 Å². The van der Waals surface area contributed by atoms with Crippen LogP contribution in [0.5, 0.6) is 0 Å². The van der Waals surface area contributed by atoms with Gasteiger partial charge >= 0.3 is 0 Å². The minimum absolute atomic E-state index is 0.831. The summed E-state index contributed by atoms with van der Waals surface area (Å²) in [5.41, 5.74) is 2.86. The predicted octanol–water partition coefficient (Wildman–Crippen LogP) is 2.73. The van der Waals surface area contributed by atoms with Crippen LogP contribution < -0.4 is 0 Å². The lowest BCUT2D eigenvalue weighted by Crippen LogP contribution is -1.83. The quantitative estimate of drug-likeness (QED) is 0.649. The Bertz CT molecular complexity index is 563. The second-order valence-corrected chi connectivity index (χ2v) is 3.19. The summed E-state index contributed by atoms with van der Waals surface area (Å²) >= 11 is 0. The summed E-state index contributed by atoms with van der Waals surface area (Å²) in [6.45, 7) is 0. The first-order valence-corrected chi connectivity index (χ1v) is 4.88. The Morgan fingerprint density at radius 2 is 1.81 bits per heavy atom. The monoisotopic (exact) mass is 203 g/mol. The Morgan fingerprint density at radius 3 is 2.44 bits per heavy atom. The molecule has 1 heterocycles. The molecule has 2 rings (SSSR count). The molecule has 1 heteroatoms. The van der Waals surface area contributed by atoms with Crippen LogP contribution in [0.4, 0.5) is 0 Å². The predicted molar refractivity (Wildman–Crippen MR) is 65.4 cm³/mol. The third-order valence-electron chi connectivity index (χ3n) is 2.11. The zero-order chi connectivity index (χ0) is 11.2. The smallest absolute Gasteiger partial charge is 0.0702 e. The third kappa shape index (κ3) is 2.29. The van der Waals surface area contributed by atoms with E-state index in [1.54, 1.807) is 6.20 Å². The summed E-state index contributed by atoms with van der Waals surface area (Å²) in [7, 11) is 0. The van der Waals surface area contributed by atoms with E-state index in [-0.39, 0.29) is 0 Å². The summed E-state index contributed by atoms with van der Waals surface area (Å²) < 4.78 is 0. The molecule has 0 saturated heterocycles. The molecule has 0 aliphatic carbocycles. The van der Waals surface area contributed by atoms with Crippen molar-refractivity contribution in [2.24, 2.45) is 0 Å². The molecule has 0 saturated carbocycles. The van der Waals surface area contributed by atoms with Crippen LogP contribution in [-0.2, 0) is 0 Å². The molecule has 0 aliphatic rings. The van der Waals surface area contributed by atoms with E-state index in [0.717, 1.165) is 16.8 Å². The normalized spacial score (nSPS) is 8.69. The average molecular weight is 203 g/mol. The number of terminal acetylenes is 1. The number of hydrogen-bond donors (Lipinski definition) is 0. The molecule has 0 atom stereocenters. The number of pyridine rings is 1. The van der Waals surface area contributed by atoms with Crippen molar-refractivity contribution in [3.63, 3.8) is 0 Å². The first-order valence-electron chi connectivity index (χ1n) is 4.88. The molecule has 2 aromatic rings. The molecule has 74 valence electrons. The molecule has 0 bridgehead atoms. The Labute approximate surface area is 95.2 Å². The number of nitrogens with zero attached hydrogens (tertiary/aromatic N) is 1. The Hall–Kier alpha value is -2.51. The lowest BCUT2D eigenvalue weighted by atomic mass is 10.1. The van der Waals surface area contributed by atoms with E-state index in [0.29, 0.717) is 0 Å². The van der Waals surface area contributed by atoms with E-state index in [2.05, 4.69) is 22.7 Å². The van der Waals surface area contributed by atoms with Gasteiger partial charge in [0.25, 0.3) is 0 Å². The maximum absolute atomic E-state index is 5.05. The Kier molecular flexibility index (Phi) is 3.02. The molecule has 0 spiro atoms. The third-order valence-corrected chi connectivity index (χ3v) is 2.11. The molecule has 16 heavy (non-hydrogen) atoms. The summed E-state index contributed by atoms with van der Waals surface area (Å²) in [5.74, 6) is 7.66. The van der Waals surface area contributed by atoms with Crippen LogP contribution in [0.25, 0.3) is 11.3 Å². The van der Waals surface area contributed by atoms with Gasteiger partial charge in [-0.25, -0.2) is 0 Å². The van der Waals surface area contributed by atoms with Gasteiger partial charge in [-0.15, -0.1) is 6.42 Å². The largest absolute Gasteiger partial charge is 0.255 e. The molecule has 0 fully saturated rings. The highest BCUT2D eigenvalue weighted by molar-refractivity contribution is 5.59. The first-order chi connectivity index (χ1) is 7.90. The molecular weight excluding hydrogens is 194 g/mol. The highest BCUT2D eigenvalue weighted by Crippen LogP contribution is 2.15. The van der Waals surface area contributed by atoms with Crippen molar-refractivity contribution in [2.75, 3.05) is 0 Å².